The van der Waals surface area contributed by atoms with E-state index in [0.29, 0.717) is 13.1 Å². The molecule has 2 amide bonds. The molecule has 0 aliphatic rings. The Balaban J connectivity index is 2.28. The lowest BCUT2D eigenvalue weighted by Crippen LogP contribution is -2.42. The van der Waals surface area contributed by atoms with E-state index in [2.05, 4.69) is 29.4 Å². The van der Waals surface area contributed by atoms with Gasteiger partial charge in [0.2, 0.25) is 0 Å². The highest BCUT2D eigenvalue weighted by molar-refractivity contribution is 6.35. The summed E-state index contributed by atoms with van der Waals surface area (Å²) >= 11 is 0. The first kappa shape index (κ1) is 17.2. The Morgan fingerprint density at radius 1 is 1.00 bits per heavy atom. The number of carbonyl (C=O) groups excluding carboxylic acids is 2. The van der Waals surface area contributed by atoms with E-state index in [1.807, 2.05) is 31.2 Å². The number of nitrogens with zero attached hydrogens (tertiary/aromatic N) is 1. The van der Waals surface area contributed by atoms with Crippen LogP contribution >= 0.6 is 0 Å². The number of likely N-dealkylation sites (N-methyl/N-ethyl adjacent to an activating group) is 1. The van der Waals surface area contributed by atoms with Gasteiger partial charge in [-0.2, -0.15) is 0 Å². The number of hydrogen-bond donors (Lipinski definition) is 2. The third kappa shape index (κ3) is 6.40. The first-order valence-corrected chi connectivity index (χ1v) is 7.40. The van der Waals surface area contributed by atoms with E-state index in [4.69, 9.17) is 0 Å². The zero-order valence-corrected chi connectivity index (χ0v) is 13.1. The summed E-state index contributed by atoms with van der Waals surface area (Å²) in [5, 5.41) is 5.25. The highest BCUT2D eigenvalue weighted by Gasteiger charge is 2.12. The summed E-state index contributed by atoms with van der Waals surface area (Å²) in [5.74, 6) is -1.16. The van der Waals surface area contributed by atoms with Gasteiger partial charge in [-0.25, -0.2) is 0 Å². The van der Waals surface area contributed by atoms with Crippen LogP contribution in [-0.2, 0) is 16.1 Å². The average Bonchev–Trinajstić information content (AvgIpc) is 2.50. The molecule has 5 heteroatoms. The molecule has 1 rings (SSSR count). The quantitative estimate of drug-likeness (QED) is 0.739. The van der Waals surface area contributed by atoms with Crippen molar-refractivity contribution in [1.82, 2.24) is 15.5 Å². The normalized spacial score (nSPS) is 10.5. The summed E-state index contributed by atoms with van der Waals surface area (Å²) in [6, 6.07) is 7.83. The lowest BCUT2D eigenvalue weighted by molar-refractivity contribution is -0.139. The van der Waals surface area contributed by atoms with E-state index in [1.54, 1.807) is 0 Å². The Bertz CT molecular complexity index is 453. The standard InChI is InChI=1S/C16H25N3O2/c1-4-19(5-2)11-10-17-15(20)16(21)18-12-14-8-6-13(3)7-9-14/h6-9H,4-5,10-12H2,1-3H3,(H,17,20)(H,18,21). The van der Waals surface area contributed by atoms with Crippen molar-refractivity contribution in [2.75, 3.05) is 26.2 Å². The number of hydrogen-bond acceptors (Lipinski definition) is 3. The van der Waals surface area contributed by atoms with Crippen molar-refractivity contribution in [1.29, 1.82) is 0 Å². The Morgan fingerprint density at radius 3 is 2.14 bits per heavy atom. The number of rotatable bonds is 7. The Morgan fingerprint density at radius 2 is 1.57 bits per heavy atom. The summed E-state index contributed by atoms with van der Waals surface area (Å²) in [7, 11) is 0. The molecular weight excluding hydrogens is 266 g/mol. The van der Waals surface area contributed by atoms with Crippen LogP contribution in [0.1, 0.15) is 25.0 Å². The second kappa shape index (κ2) is 9.13. The molecule has 0 aliphatic carbocycles. The SMILES string of the molecule is CCN(CC)CCNC(=O)C(=O)NCc1ccc(C)cc1. The van der Waals surface area contributed by atoms with Crippen molar-refractivity contribution >= 4 is 11.8 Å². The number of carbonyl (C=O) groups is 2. The van der Waals surface area contributed by atoms with Gasteiger partial charge in [-0.05, 0) is 25.6 Å². The Labute approximate surface area is 126 Å². The molecule has 0 unspecified atom stereocenters. The van der Waals surface area contributed by atoms with Crippen LogP contribution in [0.25, 0.3) is 0 Å². The van der Waals surface area contributed by atoms with E-state index >= 15 is 0 Å². The molecule has 21 heavy (non-hydrogen) atoms. The monoisotopic (exact) mass is 291 g/mol. The van der Waals surface area contributed by atoms with Gasteiger partial charge in [-0.15, -0.1) is 0 Å². The van der Waals surface area contributed by atoms with Crippen LogP contribution in [0.3, 0.4) is 0 Å². The number of amides is 2. The Kier molecular flexibility index (Phi) is 7.46. The molecule has 0 saturated heterocycles. The molecule has 0 aliphatic heterocycles. The minimum absolute atomic E-state index is 0.364. The Hall–Kier alpha value is -1.88. The van der Waals surface area contributed by atoms with Gasteiger partial charge in [0.05, 0.1) is 0 Å². The van der Waals surface area contributed by atoms with Crippen LogP contribution < -0.4 is 10.6 Å². The maximum absolute atomic E-state index is 11.7. The fraction of sp³-hybridized carbons (Fsp3) is 0.500. The minimum atomic E-state index is -0.588. The third-order valence-corrected chi connectivity index (χ3v) is 3.39. The third-order valence-electron chi connectivity index (χ3n) is 3.39. The van der Waals surface area contributed by atoms with Crippen molar-refractivity contribution in [2.24, 2.45) is 0 Å². The van der Waals surface area contributed by atoms with E-state index in [9.17, 15) is 9.59 Å². The molecule has 2 N–H and O–H groups in total. The van der Waals surface area contributed by atoms with Gasteiger partial charge in [0, 0.05) is 19.6 Å². The smallest absolute Gasteiger partial charge is 0.309 e. The van der Waals surface area contributed by atoms with Crippen LogP contribution in [0.2, 0.25) is 0 Å². The first-order chi connectivity index (χ1) is 10.1. The highest BCUT2D eigenvalue weighted by atomic mass is 16.2. The zero-order valence-electron chi connectivity index (χ0n) is 13.1. The van der Waals surface area contributed by atoms with Gasteiger partial charge in [-0.3, -0.25) is 9.59 Å². The fourth-order valence-electron chi connectivity index (χ4n) is 1.92. The molecule has 1 aromatic carbocycles. The largest absolute Gasteiger partial charge is 0.347 e. The summed E-state index contributed by atoms with van der Waals surface area (Å²) < 4.78 is 0. The summed E-state index contributed by atoms with van der Waals surface area (Å²) in [6.07, 6.45) is 0. The minimum Gasteiger partial charge on any atom is -0.347 e. The van der Waals surface area contributed by atoms with E-state index in [1.165, 1.54) is 5.56 Å². The molecule has 0 heterocycles. The second-order valence-electron chi connectivity index (χ2n) is 4.95. The molecule has 0 fully saturated rings. The van der Waals surface area contributed by atoms with Crippen molar-refractivity contribution in [3.63, 3.8) is 0 Å². The van der Waals surface area contributed by atoms with Gasteiger partial charge in [0.1, 0.15) is 0 Å². The predicted molar refractivity (Wildman–Crippen MR) is 83.8 cm³/mol. The fourth-order valence-corrected chi connectivity index (χ4v) is 1.92. The summed E-state index contributed by atoms with van der Waals surface area (Å²) in [5.41, 5.74) is 2.14. The average molecular weight is 291 g/mol. The number of benzene rings is 1. The lowest BCUT2D eigenvalue weighted by atomic mass is 10.1. The zero-order chi connectivity index (χ0) is 15.7. The molecule has 116 valence electrons. The summed E-state index contributed by atoms with van der Waals surface area (Å²) in [4.78, 5) is 25.5. The lowest BCUT2D eigenvalue weighted by Gasteiger charge is -2.17. The van der Waals surface area contributed by atoms with Crippen LogP contribution in [-0.4, -0.2) is 42.9 Å². The summed E-state index contributed by atoms with van der Waals surface area (Å²) in [6.45, 7) is 9.62. The van der Waals surface area contributed by atoms with Crippen LogP contribution in [0.4, 0.5) is 0 Å². The predicted octanol–water partition coefficient (Wildman–Crippen LogP) is 1.07. The van der Waals surface area contributed by atoms with Crippen molar-refractivity contribution in [2.45, 2.75) is 27.3 Å². The van der Waals surface area contributed by atoms with E-state index < -0.39 is 11.8 Å². The van der Waals surface area contributed by atoms with Gasteiger partial charge >= 0.3 is 11.8 Å². The number of aryl methyl sites for hydroxylation is 1. The van der Waals surface area contributed by atoms with Crippen LogP contribution in [0.15, 0.2) is 24.3 Å². The van der Waals surface area contributed by atoms with Crippen molar-refractivity contribution in [3.8, 4) is 0 Å². The van der Waals surface area contributed by atoms with E-state index in [-0.39, 0.29) is 0 Å². The molecule has 5 nitrogen and oxygen atoms in total. The van der Waals surface area contributed by atoms with Crippen LogP contribution in [0.5, 0.6) is 0 Å². The number of nitrogens with one attached hydrogen (secondary N) is 2. The van der Waals surface area contributed by atoms with Crippen LogP contribution in [0, 0.1) is 6.92 Å². The topological polar surface area (TPSA) is 61.4 Å². The molecule has 0 atom stereocenters. The molecular formula is C16H25N3O2. The molecule has 0 spiro atoms. The van der Waals surface area contributed by atoms with Gasteiger partial charge in [0.15, 0.2) is 0 Å². The first-order valence-electron chi connectivity index (χ1n) is 7.40. The molecule has 0 saturated carbocycles. The van der Waals surface area contributed by atoms with Crippen molar-refractivity contribution < 1.29 is 9.59 Å². The van der Waals surface area contributed by atoms with Gasteiger partial charge in [-0.1, -0.05) is 43.7 Å². The molecule has 0 radical (unpaired) electrons. The molecule has 0 bridgehead atoms. The van der Waals surface area contributed by atoms with Gasteiger partial charge in [0.25, 0.3) is 0 Å². The van der Waals surface area contributed by atoms with E-state index in [0.717, 1.165) is 25.2 Å². The maximum Gasteiger partial charge on any atom is 0.309 e. The second-order valence-corrected chi connectivity index (χ2v) is 4.95. The highest BCUT2D eigenvalue weighted by Crippen LogP contribution is 2.02. The molecule has 1 aromatic rings. The maximum atomic E-state index is 11.7. The van der Waals surface area contributed by atoms with Gasteiger partial charge < -0.3 is 15.5 Å². The molecule has 0 aromatic heterocycles. The van der Waals surface area contributed by atoms with Crippen molar-refractivity contribution in [3.05, 3.63) is 35.4 Å².